The van der Waals surface area contributed by atoms with Gasteiger partial charge in [-0.2, -0.15) is 5.26 Å². The summed E-state index contributed by atoms with van der Waals surface area (Å²) in [4.78, 5) is 23.9. The van der Waals surface area contributed by atoms with Crippen LogP contribution in [0.3, 0.4) is 0 Å². The second-order valence-electron chi connectivity index (χ2n) is 6.21. The highest BCUT2D eigenvalue weighted by atomic mass is 79.9. The van der Waals surface area contributed by atoms with Crippen molar-refractivity contribution in [2.45, 2.75) is 6.61 Å². The third-order valence-corrected chi connectivity index (χ3v) is 4.69. The molecule has 0 atom stereocenters. The first kappa shape index (κ1) is 20.3. The number of ether oxygens (including phenoxy) is 1. The van der Waals surface area contributed by atoms with Crippen molar-refractivity contribution in [3.63, 3.8) is 0 Å². The Bertz CT molecular complexity index is 1070. The van der Waals surface area contributed by atoms with Crippen molar-refractivity contribution >= 4 is 27.8 Å². The second-order valence-corrected chi connectivity index (χ2v) is 7.12. The summed E-state index contributed by atoms with van der Waals surface area (Å²) in [5, 5.41) is 11.8. The maximum absolute atomic E-state index is 12.0. The molecule has 0 aromatic heterocycles. The number of nitriles is 1. The number of hydrogen-bond acceptors (Lipinski definition) is 4. The Balaban J connectivity index is 1.51. The van der Waals surface area contributed by atoms with Crippen molar-refractivity contribution < 1.29 is 14.3 Å². The van der Waals surface area contributed by atoms with Gasteiger partial charge in [-0.25, -0.2) is 0 Å². The lowest BCUT2D eigenvalue weighted by Crippen LogP contribution is -2.30. The van der Waals surface area contributed by atoms with Gasteiger partial charge < -0.3 is 10.1 Å². The maximum atomic E-state index is 12.0. The number of carbonyl (C=O) groups is 2. The van der Waals surface area contributed by atoms with Gasteiger partial charge in [0.2, 0.25) is 0 Å². The number of esters is 1. The summed E-state index contributed by atoms with van der Waals surface area (Å²) in [6, 6.07) is 23.9. The van der Waals surface area contributed by atoms with E-state index >= 15 is 0 Å². The van der Waals surface area contributed by atoms with E-state index in [1.807, 2.05) is 48.5 Å². The molecule has 144 valence electrons. The first-order valence-corrected chi connectivity index (χ1v) is 9.64. The summed E-state index contributed by atoms with van der Waals surface area (Å²) in [6.07, 6.45) is 0. The zero-order valence-electron chi connectivity index (χ0n) is 15.4. The average molecular weight is 449 g/mol. The van der Waals surface area contributed by atoms with Gasteiger partial charge in [-0.15, -0.1) is 0 Å². The monoisotopic (exact) mass is 448 g/mol. The van der Waals surface area contributed by atoms with Gasteiger partial charge in [-0.05, 0) is 41.0 Å². The molecule has 6 heteroatoms. The predicted molar refractivity (Wildman–Crippen MR) is 113 cm³/mol. The molecule has 0 heterocycles. The molecule has 5 nitrogen and oxygen atoms in total. The van der Waals surface area contributed by atoms with Gasteiger partial charge in [0, 0.05) is 10.0 Å². The fourth-order valence-electron chi connectivity index (χ4n) is 2.71. The van der Waals surface area contributed by atoms with Crippen molar-refractivity contribution in [1.82, 2.24) is 5.32 Å². The zero-order chi connectivity index (χ0) is 20.6. The molecule has 3 aromatic carbocycles. The summed E-state index contributed by atoms with van der Waals surface area (Å²) in [5.74, 6) is -0.865. The van der Waals surface area contributed by atoms with E-state index in [0.29, 0.717) is 11.1 Å². The van der Waals surface area contributed by atoms with Crippen molar-refractivity contribution in [3.8, 4) is 17.2 Å². The second kappa shape index (κ2) is 9.67. The minimum Gasteiger partial charge on any atom is -0.460 e. The molecule has 3 aromatic rings. The number of rotatable bonds is 6. The Morgan fingerprint density at radius 2 is 1.76 bits per heavy atom. The van der Waals surface area contributed by atoms with Crippen LogP contribution in [0, 0.1) is 11.3 Å². The molecule has 0 aliphatic carbocycles. The molecule has 0 aliphatic heterocycles. The van der Waals surface area contributed by atoms with Crippen LogP contribution in [0.1, 0.15) is 21.5 Å². The highest BCUT2D eigenvalue weighted by molar-refractivity contribution is 9.10. The van der Waals surface area contributed by atoms with Crippen molar-refractivity contribution in [3.05, 3.63) is 94.0 Å². The van der Waals surface area contributed by atoms with Crippen LogP contribution in [0.4, 0.5) is 0 Å². The van der Waals surface area contributed by atoms with Crippen LogP contribution >= 0.6 is 15.9 Å². The zero-order valence-corrected chi connectivity index (χ0v) is 17.0. The molecule has 29 heavy (non-hydrogen) atoms. The molecular weight excluding hydrogens is 432 g/mol. The van der Waals surface area contributed by atoms with E-state index in [1.54, 1.807) is 24.3 Å². The van der Waals surface area contributed by atoms with Crippen LogP contribution in [0.2, 0.25) is 0 Å². The van der Waals surface area contributed by atoms with E-state index in [2.05, 4.69) is 27.3 Å². The summed E-state index contributed by atoms with van der Waals surface area (Å²) < 4.78 is 6.00. The van der Waals surface area contributed by atoms with Crippen LogP contribution in [-0.2, 0) is 16.1 Å². The number of halogens is 1. The molecule has 0 unspecified atom stereocenters. The highest BCUT2D eigenvalue weighted by Gasteiger charge is 2.10. The number of carbonyl (C=O) groups excluding carboxylic acids is 2. The maximum Gasteiger partial charge on any atom is 0.325 e. The molecule has 0 spiro atoms. The SMILES string of the molecule is N#Cc1ccccc1-c1ccc(COC(=O)CNC(=O)c2cccc(Br)c2)cc1. The molecular formula is C23H17BrN2O3. The van der Waals surface area contributed by atoms with Gasteiger partial charge >= 0.3 is 5.97 Å². The van der Waals surface area contributed by atoms with Crippen LogP contribution in [-0.4, -0.2) is 18.4 Å². The third-order valence-electron chi connectivity index (χ3n) is 4.19. The van der Waals surface area contributed by atoms with Gasteiger partial charge in [0.15, 0.2) is 0 Å². The minimum atomic E-state index is -0.521. The van der Waals surface area contributed by atoms with Crippen LogP contribution in [0.25, 0.3) is 11.1 Å². The number of nitrogens with one attached hydrogen (secondary N) is 1. The predicted octanol–water partition coefficient (Wildman–Crippen LogP) is 4.46. The third kappa shape index (κ3) is 5.53. The van der Waals surface area contributed by atoms with E-state index in [1.165, 1.54) is 0 Å². The van der Waals surface area contributed by atoms with Gasteiger partial charge in [0.25, 0.3) is 5.91 Å². The standard InChI is InChI=1S/C23H17BrN2O3/c24-20-6-3-5-18(12-20)23(28)26-14-22(27)29-15-16-8-10-17(11-9-16)21-7-2-1-4-19(21)13-25/h1-12H,14-15H2,(H,26,28). The smallest absolute Gasteiger partial charge is 0.325 e. The largest absolute Gasteiger partial charge is 0.460 e. The number of nitrogens with zero attached hydrogens (tertiary/aromatic N) is 1. The minimum absolute atomic E-state index is 0.103. The summed E-state index contributed by atoms with van der Waals surface area (Å²) in [7, 11) is 0. The number of hydrogen-bond donors (Lipinski definition) is 1. The van der Waals surface area contributed by atoms with E-state index in [9.17, 15) is 14.9 Å². The molecule has 3 rings (SSSR count). The lowest BCUT2D eigenvalue weighted by molar-refractivity contribution is -0.143. The lowest BCUT2D eigenvalue weighted by Gasteiger charge is -2.08. The molecule has 0 fully saturated rings. The van der Waals surface area contributed by atoms with Gasteiger partial charge in [-0.3, -0.25) is 9.59 Å². The summed E-state index contributed by atoms with van der Waals surface area (Å²) >= 11 is 3.30. The molecule has 0 saturated heterocycles. The normalized spacial score (nSPS) is 10.1. The first-order valence-electron chi connectivity index (χ1n) is 8.84. The van der Waals surface area contributed by atoms with Crippen molar-refractivity contribution in [2.75, 3.05) is 6.54 Å². The Morgan fingerprint density at radius 1 is 1.00 bits per heavy atom. The fraction of sp³-hybridized carbons (Fsp3) is 0.0870. The van der Waals surface area contributed by atoms with Gasteiger partial charge in [-0.1, -0.05) is 64.5 Å². The molecule has 0 radical (unpaired) electrons. The lowest BCUT2D eigenvalue weighted by atomic mass is 9.99. The topological polar surface area (TPSA) is 79.2 Å². The quantitative estimate of drug-likeness (QED) is 0.564. The van der Waals surface area contributed by atoms with Gasteiger partial charge in [0.05, 0.1) is 11.6 Å². The van der Waals surface area contributed by atoms with Crippen molar-refractivity contribution in [2.24, 2.45) is 0 Å². The number of benzene rings is 3. The van der Waals surface area contributed by atoms with Crippen LogP contribution in [0.5, 0.6) is 0 Å². The van der Waals surface area contributed by atoms with E-state index in [0.717, 1.165) is 21.2 Å². The van der Waals surface area contributed by atoms with Crippen LogP contribution < -0.4 is 5.32 Å². The highest BCUT2D eigenvalue weighted by Crippen LogP contribution is 2.23. The summed E-state index contributed by atoms with van der Waals surface area (Å²) in [5.41, 5.74) is 3.65. The summed E-state index contributed by atoms with van der Waals surface area (Å²) in [6.45, 7) is -0.106. The average Bonchev–Trinajstić information content (AvgIpc) is 2.76. The Hall–Kier alpha value is -3.43. The molecule has 0 bridgehead atoms. The van der Waals surface area contributed by atoms with E-state index in [4.69, 9.17) is 4.74 Å². The Kier molecular flexibility index (Phi) is 6.77. The Morgan fingerprint density at radius 3 is 2.48 bits per heavy atom. The van der Waals surface area contributed by atoms with Gasteiger partial charge in [0.1, 0.15) is 13.2 Å². The number of amides is 1. The molecule has 0 aliphatic rings. The van der Waals surface area contributed by atoms with E-state index in [-0.39, 0.29) is 19.1 Å². The molecule has 1 N–H and O–H groups in total. The fourth-order valence-corrected chi connectivity index (χ4v) is 3.11. The first-order chi connectivity index (χ1) is 14.1. The molecule has 1 amide bonds. The Labute approximate surface area is 177 Å². The van der Waals surface area contributed by atoms with Crippen LogP contribution in [0.15, 0.2) is 77.3 Å². The van der Waals surface area contributed by atoms with E-state index < -0.39 is 5.97 Å². The molecule has 0 saturated carbocycles. The van der Waals surface area contributed by atoms with Crippen molar-refractivity contribution in [1.29, 1.82) is 5.26 Å².